The van der Waals surface area contributed by atoms with Gasteiger partial charge in [0.25, 0.3) is 11.8 Å². The number of carbonyl (C=O) groups excluding carboxylic acids is 4. The summed E-state index contributed by atoms with van der Waals surface area (Å²) in [5.74, 6) is -1.44. The second-order valence-electron chi connectivity index (χ2n) is 6.33. The summed E-state index contributed by atoms with van der Waals surface area (Å²) >= 11 is 0. The van der Waals surface area contributed by atoms with Gasteiger partial charge in [-0.05, 0) is 54.0 Å². The van der Waals surface area contributed by atoms with E-state index in [1.807, 2.05) is 0 Å². The molecular weight excluding hydrogens is 354 g/mol. The van der Waals surface area contributed by atoms with Crippen molar-refractivity contribution in [3.63, 3.8) is 0 Å². The van der Waals surface area contributed by atoms with E-state index in [2.05, 4.69) is 13.2 Å². The van der Waals surface area contributed by atoms with Crippen molar-refractivity contribution in [2.45, 2.75) is 6.92 Å². The second kappa shape index (κ2) is 7.40. The lowest BCUT2D eigenvalue weighted by Crippen LogP contribution is -2.29. The Hall–Kier alpha value is -3.86. The molecule has 3 rings (SSSR count). The Balaban J connectivity index is 2.01. The van der Waals surface area contributed by atoms with E-state index in [0.29, 0.717) is 16.8 Å². The third-order valence-corrected chi connectivity index (χ3v) is 4.37. The summed E-state index contributed by atoms with van der Waals surface area (Å²) in [4.78, 5) is 49.2. The minimum Gasteiger partial charge on any atom is -0.289 e. The quantitative estimate of drug-likeness (QED) is 0.438. The molecular formula is C23H17NO4. The van der Waals surface area contributed by atoms with E-state index in [1.165, 1.54) is 12.2 Å². The number of hydrogen-bond donors (Lipinski definition) is 0. The van der Waals surface area contributed by atoms with E-state index in [9.17, 15) is 19.2 Å². The molecule has 5 nitrogen and oxygen atoms in total. The fourth-order valence-corrected chi connectivity index (χ4v) is 2.92. The van der Waals surface area contributed by atoms with Gasteiger partial charge in [-0.1, -0.05) is 31.4 Å². The summed E-state index contributed by atoms with van der Waals surface area (Å²) in [7, 11) is 0. The minimum atomic E-state index is -0.389. The van der Waals surface area contributed by atoms with E-state index >= 15 is 0 Å². The van der Waals surface area contributed by atoms with Crippen molar-refractivity contribution in [3.8, 4) is 11.1 Å². The molecule has 1 aliphatic rings. The van der Waals surface area contributed by atoms with Gasteiger partial charge in [-0.25, -0.2) is 4.90 Å². The van der Waals surface area contributed by atoms with Crippen LogP contribution in [0.25, 0.3) is 11.1 Å². The first kappa shape index (κ1) is 18.9. The monoisotopic (exact) mass is 371 g/mol. The molecule has 2 aromatic carbocycles. The highest BCUT2D eigenvalue weighted by molar-refractivity contribution is 6.28. The first-order valence-electron chi connectivity index (χ1n) is 8.51. The molecule has 1 heterocycles. The van der Waals surface area contributed by atoms with Crippen molar-refractivity contribution in [1.29, 1.82) is 0 Å². The molecule has 0 radical (unpaired) electrons. The van der Waals surface area contributed by atoms with Crippen LogP contribution in [-0.2, 0) is 9.59 Å². The summed E-state index contributed by atoms with van der Waals surface area (Å²) in [5.41, 5.74) is 2.79. The molecule has 28 heavy (non-hydrogen) atoms. The van der Waals surface area contributed by atoms with Gasteiger partial charge in [-0.15, -0.1) is 0 Å². The van der Waals surface area contributed by atoms with Gasteiger partial charge in [0.1, 0.15) is 0 Å². The van der Waals surface area contributed by atoms with Crippen LogP contribution >= 0.6 is 0 Å². The Morgan fingerprint density at radius 2 is 1.46 bits per heavy atom. The number of Topliss-reactive ketones (excluding diaryl/α,β-unsaturated/α-hetero) is 1. The fourth-order valence-electron chi connectivity index (χ4n) is 2.92. The van der Waals surface area contributed by atoms with Gasteiger partial charge >= 0.3 is 0 Å². The Kier molecular flexibility index (Phi) is 5.00. The van der Waals surface area contributed by atoms with E-state index < -0.39 is 0 Å². The highest BCUT2D eigenvalue weighted by Gasteiger charge is 2.25. The standard InChI is InChI=1S/C23H17NO4/c1-4-20(25)18-10-7-16(13-19(18)23(28)14(2)3)15-5-8-17(9-6-15)24-21(26)11-12-22(24)27/h4-13H,1-2H2,3H3. The molecule has 2 amide bonds. The molecule has 5 heteroatoms. The van der Waals surface area contributed by atoms with Gasteiger partial charge in [0.05, 0.1) is 5.69 Å². The highest BCUT2D eigenvalue weighted by Crippen LogP contribution is 2.28. The number of hydrogen-bond acceptors (Lipinski definition) is 4. The summed E-state index contributed by atoms with van der Waals surface area (Å²) in [5, 5.41) is 0. The zero-order valence-electron chi connectivity index (χ0n) is 15.3. The van der Waals surface area contributed by atoms with Gasteiger partial charge in [0.2, 0.25) is 0 Å². The maximum atomic E-state index is 12.5. The maximum absolute atomic E-state index is 12.5. The smallest absolute Gasteiger partial charge is 0.258 e. The third kappa shape index (κ3) is 3.38. The van der Waals surface area contributed by atoms with E-state index in [1.54, 1.807) is 49.4 Å². The van der Waals surface area contributed by atoms with Crippen LogP contribution < -0.4 is 4.90 Å². The Bertz CT molecular complexity index is 1060. The lowest BCUT2D eigenvalue weighted by molar-refractivity contribution is -0.119. The third-order valence-electron chi connectivity index (χ3n) is 4.37. The fraction of sp³-hybridized carbons (Fsp3) is 0.0435. The molecule has 0 spiro atoms. The molecule has 0 unspecified atom stereocenters. The lowest BCUT2D eigenvalue weighted by Gasteiger charge is -2.15. The van der Waals surface area contributed by atoms with Gasteiger partial charge in [-0.2, -0.15) is 0 Å². The normalized spacial score (nSPS) is 13.0. The molecule has 2 aromatic rings. The number of ketones is 2. The predicted molar refractivity (Wildman–Crippen MR) is 107 cm³/mol. The topological polar surface area (TPSA) is 71.5 Å². The summed E-state index contributed by atoms with van der Waals surface area (Å²) in [6.45, 7) is 8.73. The molecule has 0 bridgehead atoms. The van der Waals surface area contributed by atoms with Gasteiger partial charge in [0.15, 0.2) is 11.6 Å². The number of carbonyl (C=O) groups is 4. The van der Waals surface area contributed by atoms with Gasteiger partial charge in [-0.3, -0.25) is 19.2 Å². The molecule has 0 aliphatic carbocycles. The van der Waals surface area contributed by atoms with Crippen LogP contribution in [0.1, 0.15) is 27.6 Å². The van der Waals surface area contributed by atoms with Crippen LogP contribution in [0.5, 0.6) is 0 Å². The first-order chi connectivity index (χ1) is 13.3. The highest BCUT2D eigenvalue weighted by atomic mass is 16.2. The number of nitrogens with zero attached hydrogens (tertiary/aromatic N) is 1. The summed E-state index contributed by atoms with van der Waals surface area (Å²) in [6, 6.07) is 11.7. The number of rotatable bonds is 6. The number of imide groups is 1. The van der Waals surface area contributed by atoms with Crippen molar-refractivity contribution >= 4 is 29.1 Å². The molecule has 0 saturated heterocycles. The Labute approximate surface area is 162 Å². The van der Waals surface area contributed by atoms with Crippen molar-refractivity contribution in [2.75, 3.05) is 4.90 Å². The predicted octanol–water partition coefficient (Wildman–Crippen LogP) is 3.91. The average molecular weight is 371 g/mol. The zero-order chi connectivity index (χ0) is 20.4. The number of benzene rings is 2. The van der Waals surface area contributed by atoms with Crippen LogP contribution in [0.2, 0.25) is 0 Å². The summed E-state index contributed by atoms with van der Waals surface area (Å²) < 4.78 is 0. The Morgan fingerprint density at radius 3 is 2.00 bits per heavy atom. The van der Waals surface area contributed by atoms with Crippen molar-refractivity contribution in [3.05, 3.63) is 90.6 Å². The molecule has 0 fully saturated rings. The number of allylic oxidation sites excluding steroid dienone is 2. The van der Waals surface area contributed by atoms with E-state index in [-0.39, 0.29) is 34.5 Å². The van der Waals surface area contributed by atoms with Crippen LogP contribution in [0.15, 0.2) is 79.4 Å². The van der Waals surface area contributed by atoms with Crippen LogP contribution in [0.4, 0.5) is 5.69 Å². The number of amides is 2. The molecule has 0 N–H and O–H groups in total. The maximum Gasteiger partial charge on any atom is 0.258 e. The van der Waals surface area contributed by atoms with E-state index in [4.69, 9.17) is 0 Å². The second-order valence-corrected chi connectivity index (χ2v) is 6.33. The number of anilines is 1. The summed E-state index contributed by atoms with van der Waals surface area (Å²) in [6.07, 6.45) is 3.61. The van der Waals surface area contributed by atoms with E-state index in [0.717, 1.165) is 16.5 Å². The lowest BCUT2D eigenvalue weighted by atomic mass is 9.92. The van der Waals surface area contributed by atoms with Crippen molar-refractivity contribution < 1.29 is 19.2 Å². The molecule has 0 atom stereocenters. The first-order valence-corrected chi connectivity index (χ1v) is 8.51. The zero-order valence-corrected chi connectivity index (χ0v) is 15.3. The van der Waals surface area contributed by atoms with Gasteiger partial charge in [0, 0.05) is 23.3 Å². The Morgan fingerprint density at radius 1 is 0.893 bits per heavy atom. The van der Waals surface area contributed by atoms with Crippen LogP contribution in [0.3, 0.4) is 0 Å². The van der Waals surface area contributed by atoms with Crippen LogP contribution in [-0.4, -0.2) is 23.4 Å². The van der Waals surface area contributed by atoms with Crippen molar-refractivity contribution in [2.24, 2.45) is 0 Å². The van der Waals surface area contributed by atoms with Gasteiger partial charge < -0.3 is 0 Å². The van der Waals surface area contributed by atoms with Crippen molar-refractivity contribution in [1.82, 2.24) is 0 Å². The SMILES string of the molecule is C=CC(=O)c1ccc(-c2ccc(N3C(=O)C=CC3=O)cc2)cc1C(=O)C(=C)C. The minimum absolute atomic E-state index is 0.257. The average Bonchev–Trinajstić information content (AvgIpc) is 3.04. The molecule has 138 valence electrons. The van der Waals surface area contributed by atoms with Crippen LogP contribution in [0, 0.1) is 0 Å². The molecule has 0 saturated carbocycles. The largest absolute Gasteiger partial charge is 0.289 e. The molecule has 1 aliphatic heterocycles. The molecule has 0 aromatic heterocycles.